The molecule has 0 radical (unpaired) electrons. The van der Waals surface area contributed by atoms with Crippen LogP contribution in [0.15, 0.2) is 22.7 Å². The highest BCUT2D eigenvalue weighted by Gasteiger charge is 2.05. The second-order valence-corrected chi connectivity index (χ2v) is 5.42. The molecule has 3 heteroatoms. The topological polar surface area (TPSA) is 15.3 Å². The van der Waals surface area contributed by atoms with Crippen molar-refractivity contribution in [3.8, 4) is 0 Å². The van der Waals surface area contributed by atoms with Gasteiger partial charge in [-0.3, -0.25) is 4.90 Å². The molecule has 2 nitrogen and oxygen atoms in total. The molecule has 0 aromatic heterocycles. The van der Waals surface area contributed by atoms with Crippen LogP contribution in [0.4, 0.5) is 0 Å². The summed E-state index contributed by atoms with van der Waals surface area (Å²) in [7, 11) is 0. The summed E-state index contributed by atoms with van der Waals surface area (Å²) in [4.78, 5) is 2.43. The van der Waals surface area contributed by atoms with Crippen molar-refractivity contribution in [3.05, 3.63) is 33.8 Å². The molecule has 0 atom stereocenters. The predicted molar refractivity (Wildman–Crippen MR) is 82.8 cm³/mol. The molecule has 1 aromatic carbocycles. The van der Waals surface area contributed by atoms with Gasteiger partial charge in [0.05, 0.1) is 0 Å². The van der Waals surface area contributed by atoms with Crippen molar-refractivity contribution in [2.45, 2.75) is 40.3 Å². The Morgan fingerprint density at radius 2 is 1.89 bits per heavy atom. The third-order valence-corrected chi connectivity index (χ3v) is 3.90. The van der Waals surface area contributed by atoms with E-state index in [0.29, 0.717) is 0 Å². The van der Waals surface area contributed by atoms with Gasteiger partial charge in [-0.25, -0.2) is 0 Å². The lowest BCUT2D eigenvalue weighted by atomic mass is 10.1. The highest BCUT2D eigenvalue weighted by Crippen LogP contribution is 2.20. The summed E-state index contributed by atoms with van der Waals surface area (Å²) in [5.74, 6) is 0. The quantitative estimate of drug-likeness (QED) is 0.735. The fraction of sp³-hybridized carbons (Fsp3) is 0.600. The molecular formula is C15H25BrN2. The molecule has 0 saturated heterocycles. The smallest absolute Gasteiger partial charge is 0.0244 e. The third kappa shape index (κ3) is 5.09. The SMILES string of the molecule is CCCNCc1ccc(CN(CC)CC)c(Br)c1. The van der Waals surface area contributed by atoms with Crippen LogP contribution in [-0.2, 0) is 13.1 Å². The third-order valence-electron chi connectivity index (χ3n) is 3.16. The van der Waals surface area contributed by atoms with Crippen LogP contribution in [-0.4, -0.2) is 24.5 Å². The van der Waals surface area contributed by atoms with Gasteiger partial charge in [-0.05, 0) is 43.2 Å². The van der Waals surface area contributed by atoms with E-state index in [9.17, 15) is 0 Å². The first kappa shape index (κ1) is 15.7. The molecule has 1 N–H and O–H groups in total. The fourth-order valence-corrected chi connectivity index (χ4v) is 2.48. The van der Waals surface area contributed by atoms with Crippen molar-refractivity contribution in [2.75, 3.05) is 19.6 Å². The standard InChI is InChI=1S/C15H25BrN2/c1-4-9-17-11-13-7-8-14(15(16)10-13)12-18(5-2)6-3/h7-8,10,17H,4-6,9,11-12H2,1-3H3. The maximum Gasteiger partial charge on any atom is 0.0244 e. The molecule has 0 fully saturated rings. The normalized spacial score (nSPS) is 11.2. The largest absolute Gasteiger partial charge is 0.313 e. The molecule has 0 bridgehead atoms. The Hall–Kier alpha value is -0.380. The van der Waals surface area contributed by atoms with Gasteiger partial charge in [0.15, 0.2) is 0 Å². The van der Waals surface area contributed by atoms with Gasteiger partial charge in [-0.15, -0.1) is 0 Å². The molecule has 0 spiro atoms. The average molecular weight is 313 g/mol. The van der Waals surface area contributed by atoms with Crippen molar-refractivity contribution in [2.24, 2.45) is 0 Å². The zero-order chi connectivity index (χ0) is 13.4. The zero-order valence-electron chi connectivity index (χ0n) is 11.8. The van der Waals surface area contributed by atoms with Crippen LogP contribution in [0.5, 0.6) is 0 Å². The van der Waals surface area contributed by atoms with Crippen molar-refractivity contribution in [1.82, 2.24) is 10.2 Å². The second-order valence-electron chi connectivity index (χ2n) is 4.56. The summed E-state index contributed by atoms with van der Waals surface area (Å²) in [6, 6.07) is 6.71. The van der Waals surface area contributed by atoms with Gasteiger partial charge in [0.1, 0.15) is 0 Å². The molecule has 102 valence electrons. The number of hydrogen-bond donors (Lipinski definition) is 1. The summed E-state index contributed by atoms with van der Waals surface area (Å²) >= 11 is 3.69. The highest BCUT2D eigenvalue weighted by atomic mass is 79.9. The minimum Gasteiger partial charge on any atom is -0.313 e. The van der Waals surface area contributed by atoms with E-state index >= 15 is 0 Å². The minimum atomic E-state index is 0.956. The molecule has 18 heavy (non-hydrogen) atoms. The van der Waals surface area contributed by atoms with E-state index in [1.807, 2.05) is 0 Å². The molecular weight excluding hydrogens is 288 g/mol. The van der Waals surface area contributed by atoms with Crippen LogP contribution >= 0.6 is 15.9 Å². The molecule has 0 heterocycles. The van der Waals surface area contributed by atoms with Gasteiger partial charge in [0.2, 0.25) is 0 Å². The Labute approximate surface area is 120 Å². The van der Waals surface area contributed by atoms with Crippen molar-refractivity contribution < 1.29 is 0 Å². The number of rotatable bonds is 8. The van der Waals surface area contributed by atoms with Crippen LogP contribution in [0, 0.1) is 0 Å². The van der Waals surface area contributed by atoms with Gasteiger partial charge in [-0.1, -0.05) is 48.8 Å². The first-order chi connectivity index (χ1) is 8.71. The fourth-order valence-electron chi connectivity index (χ4n) is 1.93. The summed E-state index contributed by atoms with van der Waals surface area (Å²) in [6.07, 6.45) is 1.18. The molecule has 1 rings (SSSR count). The monoisotopic (exact) mass is 312 g/mol. The number of hydrogen-bond acceptors (Lipinski definition) is 2. The van der Waals surface area contributed by atoms with E-state index in [4.69, 9.17) is 0 Å². The van der Waals surface area contributed by atoms with Crippen LogP contribution in [0.2, 0.25) is 0 Å². The zero-order valence-corrected chi connectivity index (χ0v) is 13.4. The Balaban J connectivity index is 2.61. The maximum absolute atomic E-state index is 3.69. The highest BCUT2D eigenvalue weighted by molar-refractivity contribution is 9.10. The van der Waals surface area contributed by atoms with Gasteiger partial charge >= 0.3 is 0 Å². The number of halogens is 1. The first-order valence-corrected chi connectivity index (χ1v) is 7.70. The van der Waals surface area contributed by atoms with E-state index in [1.54, 1.807) is 0 Å². The predicted octanol–water partition coefficient (Wildman–Crippen LogP) is 3.79. The lowest BCUT2D eigenvalue weighted by Gasteiger charge is -2.19. The van der Waals surface area contributed by atoms with Gasteiger partial charge in [-0.2, -0.15) is 0 Å². The van der Waals surface area contributed by atoms with Crippen molar-refractivity contribution in [1.29, 1.82) is 0 Å². The molecule has 1 aromatic rings. The summed E-state index contributed by atoms with van der Waals surface area (Å²) in [5, 5.41) is 3.43. The molecule has 0 aliphatic carbocycles. The second kappa shape index (κ2) is 8.68. The maximum atomic E-state index is 3.69. The molecule has 0 amide bonds. The Morgan fingerprint density at radius 1 is 1.17 bits per heavy atom. The Bertz CT molecular complexity index is 348. The van der Waals surface area contributed by atoms with Crippen molar-refractivity contribution >= 4 is 15.9 Å². The number of benzene rings is 1. The summed E-state index contributed by atoms with van der Waals surface area (Å²) in [5.41, 5.74) is 2.72. The summed E-state index contributed by atoms with van der Waals surface area (Å²) in [6.45, 7) is 11.9. The lowest BCUT2D eigenvalue weighted by Crippen LogP contribution is -2.22. The Morgan fingerprint density at radius 3 is 2.44 bits per heavy atom. The molecule has 0 aliphatic heterocycles. The molecule has 0 aliphatic rings. The first-order valence-electron chi connectivity index (χ1n) is 6.91. The molecule has 0 saturated carbocycles. The van der Waals surface area contributed by atoms with E-state index in [0.717, 1.165) is 32.7 Å². The molecule has 0 unspecified atom stereocenters. The van der Waals surface area contributed by atoms with Crippen LogP contribution in [0.3, 0.4) is 0 Å². The number of nitrogens with one attached hydrogen (secondary N) is 1. The summed E-state index contributed by atoms with van der Waals surface area (Å²) < 4.78 is 1.23. The van der Waals surface area contributed by atoms with Crippen LogP contribution in [0.1, 0.15) is 38.3 Å². The lowest BCUT2D eigenvalue weighted by molar-refractivity contribution is 0.295. The Kier molecular flexibility index (Phi) is 7.56. The van der Waals surface area contributed by atoms with E-state index in [-0.39, 0.29) is 0 Å². The van der Waals surface area contributed by atoms with Crippen molar-refractivity contribution in [3.63, 3.8) is 0 Å². The van der Waals surface area contributed by atoms with Gasteiger partial charge in [0, 0.05) is 17.6 Å². The van der Waals surface area contributed by atoms with E-state index in [2.05, 4.69) is 65.1 Å². The van der Waals surface area contributed by atoms with Gasteiger partial charge < -0.3 is 5.32 Å². The van der Waals surface area contributed by atoms with Gasteiger partial charge in [0.25, 0.3) is 0 Å². The van der Waals surface area contributed by atoms with E-state index < -0.39 is 0 Å². The van der Waals surface area contributed by atoms with E-state index in [1.165, 1.54) is 22.0 Å². The minimum absolute atomic E-state index is 0.956. The average Bonchev–Trinajstić information content (AvgIpc) is 2.38. The van der Waals surface area contributed by atoms with Crippen LogP contribution < -0.4 is 5.32 Å². The van der Waals surface area contributed by atoms with Crippen LogP contribution in [0.25, 0.3) is 0 Å². The number of nitrogens with zero attached hydrogens (tertiary/aromatic N) is 1.